The normalized spacial score (nSPS) is 48.9. The molecule has 0 spiro atoms. The van der Waals surface area contributed by atoms with E-state index in [0.717, 1.165) is 25.7 Å². The van der Waals surface area contributed by atoms with Gasteiger partial charge in [0.1, 0.15) is 6.10 Å². The van der Waals surface area contributed by atoms with Gasteiger partial charge in [0.2, 0.25) is 0 Å². The zero-order chi connectivity index (χ0) is 16.4. The lowest BCUT2D eigenvalue weighted by atomic mass is 9.46. The maximum Gasteiger partial charge on any atom is 0.334 e. The van der Waals surface area contributed by atoms with Crippen LogP contribution in [0.3, 0.4) is 0 Å². The highest BCUT2D eigenvalue weighted by Gasteiger charge is 2.58. The van der Waals surface area contributed by atoms with Crippen LogP contribution >= 0.6 is 0 Å². The Morgan fingerprint density at radius 3 is 2.87 bits per heavy atom. The minimum Gasteiger partial charge on any atom is -0.454 e. The second kappa shape index (κ2) is 4.95. The van der Waals surface area contributed by atoms with Crippen molar-refractivity contribution in [1.29, 1.82) is 0 Å². The Kier molecular flexibility index (Phi) is 3.32. The Balaban J connectivity index is 1.72. The molecule has 1 aliphatic heterocycles. The van der Waals surface area contributed by atoms with Crippen LogP contribution in [0, 0.1) is 28.6 Å². The van der Waals surface area contributed by atoms with E-state index in [2.05, 4.69) is 26.5 Å². The topological polar surface area (TPSA) is 46.5 Å². The van der Waals surface area contributed by atoms with Gasteiger partial charge in [0.15, 0.2) is 0 Å². The molecule has 0 unspecified atom stereocenters. The molecule has 4 aliphatic rings. The average molecular weight is 316 g/mol. The molecular weight excluding hydrogens is 288 g/mol. The van der Waals surface area contributed by atoms with E-state index in [1.54, 1.807) is 0 Å². The van der Waals surface area contributed by atoms with Crippen molar-refractivity contribution < 1.29 is 14.6 Å². The Labute approximate surface area is 138 Å². The zero-order valence-corrected chi connectivity index (χ0v) is 14.3. The van der Waals surface area contributed by atoms with Gasteiger partial charge in [0.25, 0.3) is 0 Å². The van der Waals surface area contributed by atoms with Crippen LogP contribution < -0.4 is 0 Å². The first kappa shape index (κ1) is 15.4. The molecule has 0 amide bonds. The monoisotopic (exact) mass is 316 g/mol. The van der Waals surface area contributed by atoms with Crippen LogP contribution in [-0.2, 0) is 9.53 Å². The number of carbonyl (C=O) groups is 1. The Hall–Kier alpha value is -1.09. The van der Waals surface area contributed by atoms with Crippen LogP contribution in [-0.4, -0.2) is 23.8 Å². The van der Waals surface area contributed by atoms with E-state index in [4.69, 9.17) is 4.74 Å². The molecule has 126 valence electrons. The number of esters is 1. The molecule has 3 aliphatic carbocycles. The number of hydrogen-bond acceptors (Lipinski definition) is 3. The van der Waals surface area contributed by atoms with Gasteiger partial charge in [-0.25, -0.2) is 4.79 Å². The lowest BCUT2D eigenvalue weighted by Crippen LogP contribution is -2.53. The summed E-state index contributed by atoms with van der Waals surface area (Å²) in [5, 5.41) is 10.0. The van der Waals surface area contributed by atoms with Gasteiger partial charge in [0, 0.05) is 18.1 Å². The first-order chi connectivity index (χ1) is 10.9. The van der Waals surface area contributed by atoms with Crippen LogP contribution in [0.25, 0.3) is 0 Å². The molecule has 2 saturated carbocycles. The van der Waals surface area contributed by atoms with Gasteiger partial charge in [-0.05, 0) is 60.3 Å². The molecule has 1 heterocycles. The van der Waals surface area contributed by atoms with E-state index >= 15 is 0 Å². The lowest BCUT2D eigenvalue weighted by Gasteiger charge is -2.59. The van der Waals surface area contributed by atoms with E-state index in [1.165, 1.54) is 18.4 Å². The second-order valence-corrected chi connectivity index (χ2v) is 8.75. The number of ether oxygens (including phenoxy) is 1. The number of rotatable bonds is 1. The summed E-state index contributed by atoms with van der Waals surface area (Å²) >= 11 is 0. The summed E-state index contributed by atoms with van der Waals surface area (Å²) in [7, 11) is 0. The van der Waals surface area contributed by atoms with Crippen molar-refractivity contribution in [3.05, 3.63) is 23.8 Å². The molecule has 0 aromatic heterocycles. The minimum atomic E-state index is -0.197. The van der Waals surface area contributed by atoms with Gasteiger partial charge in [-0.15, -0.1) is 0 Å². The molecule has 3 heteroatoms. The Morgan fingerprint density at radius 2 is 2.13 bits per heavy atom. The zero-order valence-electron chi connectivity index (χ0n) is 14.3. The van der Waals surface area contributed by atoms with E-state index in [1.807, 2.05) is 0 Å². The molecule has 0 radical (unpaired) electrons. The quantitative estimate of drug-likeness (QED) is 0.456. The van der Waals surface area contributed by atoms with Gasteiger partial charge in [-0.2, -0.15) is 0 Å². The third-order valence-corrected chi connectivity index (χ3v) is 7.65. The van der Waals surface area contributed by atoms with Crippen LogP contribution in [0.1, 0.15) is 52.4 Å². The van der Waals surface area contributed by atoms with Gasteiger partial charge in [-0.1, -0.05) is 32.9 Å². The number of aliphatic hydroxyl groups excluding tert-OH is 1. The summed E-state index contributed by atoms with van der Waals surface area (Å²) in [6.07, 6.45) is 8.96. The average Bonchev–Trinajstić information content (AvgIpc) is 2.82. The maximum absolute atomic E-state index is 11.9. The molecule has 3 nitrogen and oxygen atoms in total. The summed E-state index contributed by atoms with van der Waals surface area (Å²) in [6, 6.07) is 0. The van der Waals surface area contributed by atoms with Crippen molar-refractivity contribution in [2.75, 3.05) is 6.61 Å². The molecule has 4 rings (SSSR count). The first-order valence-corrected chi connectivity index (χ1v) is 9.11. The van der Waals surface area contributed by atoms with Crippen molar-refractivity contribution in [2.24, 2.45) is 28.6 Å². The van der Waals surface area contributed by atoms with E-state index in [0.29, 0.717) is 17.4 Å². The minimum absolute atomic E-state index is 0.0296. The van der Waals surface area contributed by atoms with Crippen LogP contribution in [0.2, 0.25) is 0 Å². The van der Waals surface area contributed by atoms with Gasteiger partial charge >= 0.3 is 5.97 Å². The molecule has 6 atom stereocenters. The Morgan fingerprint density at radius 1 is 1.35 bits per heavy atom. The largest absolute Gasteiger partial charge is 0.454 e. The van der Waals surface area contributed by atoms with E-state index in [-0.39, 0.29) is 35.4 Å². The summed E-state index contributed by atoms with van der Waals surface area (Å²) in [4.78, 5) is 11.9. The van der Waals surface area contributed by atoms with Crippen LogP contribution in [0.4, 0.5) is 0 Å². The van der Waals surface area contributed by atoms with E-state index in [9.17, 15) is 9.90 Å². The molecule has 3 fully saturated rings. The number of aliphatic hydroxyl groups is 1. The van der Waals surface area contributed by atoms with Crippen molar-refractivity contribution >= 4 is 5.97 Å². The standard InChI is InChI=1S/C20H28O3/c1-12-13-5-7-15-14(17(13)23-18(12)22)6-8-16-19(2,11-21)9-4-10-20(15,16)3/h6,13,15-17,21H,1,4-5,7-11H2,2-3H3/t13-,15+,16+,17+,19-,20-/m0/s1. The highest BCUT2D eigenvalue weighted by molar-refractivity contribution is 5.91. The number of carbonyl (C=O) groups excluding carboxylic acids is 1. The first-order valence-electron chi connectivity index (χ1n) is 9.11. The third kappa shape index (κ3) is 1.95. The molecule has 0 aromatic carbocycles. The highest BCUT2D eigenvalue weighted by Crippen LogP contribution is 2.63. The SMILES string of the molecule is C=C1C(=O)O[C@H]2C3=CC[C@@H]4[C@](C)(CO)CCC[C@@]4(C)[C@@H]3CC[C@@H]12. The highest BCUT2D eigenvalue weighted by atomic mass is 16.6. The number of hydrogen-bond donors (Lipinski definition) is 1. The molecule has 0 bridgehead atoms. The predicted octanol–water partition coefficient (Wildman–Crippen LogP) is 3.63. The van der Waals surface area contributed by atoms with Gasteiger partial charge in [-0.3, -0.25) is 0 Å². The molecule has 1 N–H and O–H groups in total. The fourth-order valence-corrected chi connectivity index (χ4v) is 6.34. The number of fused-ring (bicyclic) bond motifs is 5. The van der Waals surface area contributed by atoms with Crippen molar-refractivity contribution in [2.45, 2.75) is 58.5 Å². The third-order valence-electron chi connectivity index (χ3n) is 7.65. The van der Waals surface area contributed by atoms with Crippen molar-refractivity contribution in [3.8, 4) is 0 Å². The van der Waals surface area contributed by atoms with Crippen LogP contribution in [0.5, 0.6) is 0 Å². The second-order valence-electron chi connectivity index (χ2n) is 8.75. The summed E-state index contributed by atoms with van der Waals surface area (Å²) in [5.41, 5.74) is 2.28. The summed E-state index contributed by atoms with van der Waals surface area (Å²) in [5.74, 6) is 1.02. The summed E-state index contributed by atoms with van der Waals surface area (Å²) < 4.78 is 5.69. The number of allylic oxidation sites excluding steroid dienone is 1. The van der Waals surface area contributed by atoms with Crippen LogP contribution in [0.15, 0.2) is 23.8 Å². The molecule has 1 saturated heterocycles. The molecule has 0 aromatic rings. The van der Waals surface area contributed by atoms with Crippen molar-refractivity contribution in [1.82, 2.24) is 0 Å². The van der Waals surface area contributed by atoms with E-state index < -0.39 is 0 Å². The predicted molar refractivity (Wildman–Crippen MR) is 88.6 cm³/mol. The molecule has 23 heavy (non-hydrogen) atoms. The Bertz CT molecular complexity index is 592. The van der Waals surface area contributed by atoms with Gasteiger partial charge in [0.05, 0.1) is 0 Å². The lowest BCUT2D eigenvalue weighted by molar-refractivity contribution is -0.139. The maximum atomic E-state index is 11.9. The fraction of sp³-hybridized carbons (Fsp3) is 0.750. The smallest absolute Gasteiger partial charge is 0.334 e. The fourth-order valence-electron chi connectivity index (χ4n) is 6.34. The summed E-state index contributed by atoms with van der Waals surface area (Å²) in [6.45, 7) is 8.92. The molecular formula is C20H28O3. The van der Waals surface area contributed by atoms with Gasteiger partial charge < -0.3 is 9.84 Å². The van der Waals surface area contributed by atoms with Crippen molar-refractivity contribution in [3.63, 3.8) is 0 Å².